The van der Waals surface area contributed by atoms with Crippen molar-refractivity contribution in [2.75, 3.05) is 7.05 Å². The number of halogens is 5. The van der Waals surface area contributed by atoms with Gasteiger partial charge in [-0.05, 0) is 31.2 Å². The number of benzene rings is 2. The van der Waals surface area contributed by atoms with E-state index in [4.69, 9.17) is 0 Å². The summed E-state index contributed by atoms with van der Waals surface area (Å²) in [7, 11) is 1.46. The van der Waals surface area contributed by atoms with Crippen LogP contribution >= 0.6 is 0 Å². The second-order valence-corrected chi connectivity index (χ2v) is 4.55. The zero-order valence-electron chi connectivity index (χ0n) is 11.1. The largest absolute Gasteiger partial charge is 0.313 e. The predicted octanol–water partition coefficient (Wildman–Crippen LogP) is 3.89. The fourth-order valence-electron chi connectivity index (χ4n) is 2.10. The Morgan fingerprint density at radius 3 is 2.24 bits per heavy atom. The van der Waals surface area contributed by atoms with Gasteiger partial charge in [-0.1, -0.05) is 12.1 Å². The molecule has 2 aromatic rings. The van der Waals surface area contributed by atoms with Crippen LogP contribution in [0.1, 0.15) is 17.2 Å². The van der Waals surface area contributed by atoms with Gasteiger partial charge >= 0.3 is 0 Å². The van der Waals surface area contributed by atoms with Gasteiger partial charge in [0.05, 0.1) is 0 Å². The van der Waals surface area contributed by atoms with E-state index in [1.54, 1.807) is 0 Å². The van der Waals surface area contributed by atoms with Gasteiger partial charge in [0.25, 0.3) is 0 Å². The van der Waals surface area contributed by atoms with Crippen LogP contribution in [-0.2, 0) is 6.42 Å². The molecule has 0 heterocycles. The fraction of sp³-hybridized carbons (Fsp3) is 0.200. The summed E-state index contributed by atoms with van der Waals surface area (Å²) in [6.07, 6.45) is -0.109. The van der Waals surface area contributed by atoms with Crippen LogP contribution in [-0.4, -0.2) is 7.05 Å². The Kier molecular flexibility index (Phi) is 4.57. The third-order valence-corrected chi connectivity index (χ3v) is 3.22. The molecule has 6 heteroatoms. The maximum atomic E-state index is 13.7. The zero-order chi connectivity index (χ0) is 15.6. The monoisotopic (exact) mass is 301 g/mol. The first-order valence-corrected chi connectivity index (χ1v) is 6.18. The quantitative estimate of drug-likeness (QED) is 0.667. The number of hydrogen-bond acceptors (Lipinski definition) is 1. The van der Waals surface area contributed by atoms with Crippen molar-refractivity contribution in [1.82, 2.24) is 5.32 Å². The Labute approximate surface area is 118 Å². The smallest absolute Gasteiger partial charge is 0.162 e. The number of likely N-dealkylation sites (N-methyl/N-ethyl adjacent to an activating group) is 1. The molecule has 0 radical (unpaired) electrons. The van der Waals surface area contributed by atoms with Crippen LogP contribution in [0, 0.1) is 29.1 Å². The highest BCUT2D eigenvalue weighted by Gasteiger charge is 2.20. The third-order valence-electron chi connectivity index (χ3n) is 3.22. The highest BCUT2D eigenvalue weighted by atomic mass is 19.2. The van der Waals surface area contributed by atoms with Crippen LogP contribution in [0.25, 0.3) is 0 Å². The van der Waals surface area contributed by atoms with Crippen molar-refractivity contribution in [1.29, 1.82) is 0 Å². The van der Waals surface area contributed by atoms with Crippen LogP contribution in [0.3, 0.4) is 0 Å². The van der Waals surface area contributed by atoms with Gasteiger partial charge in [-0.15, -0.1) is 0 Å². The minimum absolute atomic E-state index is 0.0125. The van der Waals surface area contributed by atoms with Crippen molar-refractivity contribution in [2.45, 2.75) is 12.5 Å². The molecule has 2 aromatic carbocycles. The van der Waals surface area contributed by atoms with E-state index in [1.807, 2.05) is 0 Å². The van der Waals surface area contributed by atoms with Gasteiger partial charge in [-0.25, -0.2) is 22.0 Å². The van der Waals surface area contributed by atoms with Gasteiger partial charge in [0.15, 0.2) is 23.3 Å². The molecular formula is C15H12F5N. The summed E-state index contributed by atoms with van der Waals surface area (Å²) in [6, 6.07) is 3.95. The molecule has 0 aliphatic heterocycles. The van der Waals surface area contributed by atoms with Crippen molar-refractivity contribution in [3.8, 4) is 0 Å². The Morgan fingerprint density at radius 1 is 0.905 bits per heavy atom. The standard InChI is InChI=1S/C15H12F5N/c1-21-14(5-8-3-2-4-10(16)15(8)20)9-6-12(18)13(19)7-11(9)17/h2-4,6-7,14,21H,5H2,1H3. The lowest BCUT2D eigenvalue weighted by molar-refractivity contribution is 0.464. The predicted molar refractivity (Wildman–Crippen MR) is 68.2 cm³/mol. The van der Waals surface area contributed by atoms with E-state index < -0.39 is 35.1 Å². The normalized spacial score (nSPS) is 12.5. The molecule has 0 aromatic heterocycles. The van der Waals surface area contributed by atoms with Gasteiger partial charge < -0.3 is 5.32 Å². The van der Waals surface area contributed by atoms with E-state index in [2.05, 4.69) is 5.32 Å². The first-order chi connectivity index (χ1) is 9.93. The van der Waals surface area contributed by atoms with Crippen molar-refractivity contribution in [2.24, 2.45) is 0 Å². The molecule has 0 amide bonds. The zero-order valence-corrected chi connectivity index (χ0v) is 11.1. The van der Waals surface area contributed by atoms with E-state index in [1.165, 1.54) is 19.2 Å². The lowest BCUT2D eigenvalue weighted by atomic mass is 9.98. The van der Waals surface area contributed by atoms with E-state index >= 15 is 0 Å². The first kappa shape index (κ1) is 15.4. The SMILES string of the molecule is CNC(Cc1cccc(F)c1F)c1cc(F)c(F)cc1F. The van der Waals surface area contributed by atoms with Crippen molar-refractivity contribution in [3.05, 3.63) is 70.5 Å². The molecule has 0 fully saturated rings. The molecule has 0 spiro atoms. The fourth-order valence-corrected chi connectivity index (χ4v) is 2.10. The molecule has 1 N–H and O–H groups in total. The lowest BCUT2D eigenvalue weighted by Crippen LogP contribution is -2.21. The second kappa shape index (κ2) is 6.22. The van der Waals surface area contributed by atoms with Crippen LogP contribution < -0.4 is 5.32 Å². The van der Waals surface area contributed by atoms with Crippen molar-refractivity contribution in [3.63, 3.8) is 0 Å². The molecule has 2 rings (SSSR count). The third kappa shape index (κ3) is 3.21. The number of rotatable bonds is 4. The number of hydrogen-bond donors (Lipinski definition) is 1. The Balaban J connectivity index is 2.37. The van der Waals surface area contributed by atoms with Crippen LogP contribution in [0.4, 0.5) is 22.0 Å². The van der Waals surface area contributed by atoms with Gasteiger partial charge in [0.1, 0.15) is 5.82 Å². The van der Waals surface area contributed by atoms with E-state index in [0.29, 0.717) is 12.1 Å². The highest BCUT2D eigenvalue weighted by molar-refractivity contribution is 5.27. The Bertz CT molecular complexity index is 657. The van der Waals surface area contributed by atoms with Crippen molar-refractivity contribution >= 4 is 0 Å². The Hall–Kier alpha value is -1.95. The minimum Gasteiger partial charge on any atom is -0.313 e. The van der Waals surface area contributed by atoms with Crippen LogP contribution in [0.15, 0.2) is 30.3 Å². The molecule has 0 bridgehead atoms. The second-order valence-electron chi connectivity index (χ2n) is 4.55. The maximum Gasteiger partial charge on any atom is 0.162 e. The summed E-state index contributed by atoms with van der Waals surface area (Å²) in [4.78, 5) is 0. The summed E-state index contributed by atoms with van der Waals surface area (Å²) in [5.41, 5.74) is -0.140. The highest BCUT2D eigenvalue weighted by Crippen LogP contribution is 2.25. The topological polar surface area (TPSA) is 12.0 Å². The van der Waals surface area contributed by atoms with E-state index in [0.717, 1.165) is 6.07 Å². The molecule has 0 saturated heterocycles. The van der Waals surface area contributed by atoms with Gasteiger partial charge in [0, 0.05) is 17.7 Å². The van der Waals surface area contributed by atoms with E-state index in [-0.39, 0.29) is 17.5 Å². The molecule has 0 aliphatic carbocycles. The molecule has 0 aliphatic rings. The molecule has 1 unspecified atom stereocenters. The van der Waals surface area contributed by atoms with Gasteiger partial charge in [-0.3, -0.25) is 0 Å². The van der Waals surface area contributed by atoms with Gasteiger partial charge in [-0.2, -0.15) is 0 Å². The number of nitrogens with one attached hydrogen (secondary N) is 1. The lowest BCUT2D eigenvalue weighted by Gasteiger charge is -2.18. The molecule has 112 valence electrons. The van der Waals surface area contributed by atoms with Crippen molar-refractivity contribution < 1.29 is 22.0 Å². The average Bonchev–Trinajstić information content (AvgIpc) is 2.45. The van der Waals surface area contributed by atoms with E-state index in [9.17, 15) is 22.0 Å². The molecule has 0 saturated carbocycles. The average molecular weight is 301 g/mol. The minimum atomic E-state index is -1.30. The van der Waals surface area contributed by atoms with Crippen LogP contribution in [0.5, 0.6) is 0 Å². The van der Waals surface area contributed by atoms with Crippen LogP contribution in [0.2, 0.25) is 0 Å². The summed E-state index contributed by atoms with van der Waals surface area (Å²) < 4.78 is 66.7. The molecule has 1 atom stereocenters. The summed E-state index contributed by atoms with van der Waals surface area (Å²) >= 11 is 0. The molecule has 21 heavy (non-hydrogen) atoms. The summed E-state index contributed by atoms with van der Waals surface area (Å²) in [6.45, 7) is 0. The molecule has 1 nitrogen and oxygen atoms in total. The summed E-state index contributed by atoms with van der Waals surface area (Å²) in [5, 5.41) is 2.68. The maximum absolute atomic E-state index is 13.7. The Morgan fingerprint density at radius 2 is 1.57 bits per heavy atom. The van der Waals surface area contributed by atoms with Gasteiger partial charge in [0.2, 0.25) is 0 Å². The molecular weight excluding hydrogens is 289 g/mol. The first-order valence-electron chi connectivity index (χ1n) is 6.18. The summed E-state index contributed by atoms with van der Waals surface area (Å²) in [5.74, 6) is -5.52.